The van der Waals surface area contributed by atoms with E-state index in [0.717, 1.165) is 5.56 Å². The second-order valence-electron chi connectivity index (χ2n) is 5.18. The lowest BCUT2D eigenvalue weighted by Gasteiger charge is -2.12. The quantitative estimate of drug-likeness (QED) is 0.542. The molecule has 0 radical (unpaired) electrons. The number of benzene rings is 1. The maximum absolute atomic E-state index is 12.1. The number of ketones is 2. The van der Waals surface area contributed by atoms with Crippen LogP contribution in [0.2, 0.25) is 0 Å². The first-order valence-corrected chi connectivity index (χ1v) is 6.68. The first kappa shape index (κ1) is 16.5. The average Bonchev–Trinajstić information content (AvgIpc) is 2.39. The monoisotopic (exact) mass is 278 g/mol. The second kappa shape index (κ2) is 7.92. The zero-order valence-electron chi connectivity index (χ0n) is 12.5. The molecule has 0 amide bonds. The van der Waals surface area contributed by atoms with Crippen molar-refractivity contribution in [3.63, 3.8) is 0 Å². The van der Waals surface area contributed by atoms with Gasteiger partial charge in [-0.05, 0) is 17.5 Å². The molecule has 0 atom stereocenters. The molecule has 0 saturated heterocycles. The van der Waals surface area contributed by atoms with Crippen LogP contribution in [0.5, 0.6) is 0 Å². The third kappa shape index (κ3) is 4.87. The molecule has 1 aromatic rings. The second-order valence-corrected chi connectivity index (χ2v) is 5.18. The lowest BCUT2D eigenvalue weighted by molar-refractivity contribution is -0.119. The number of carbonyl (C=O) groups is 2. The molecular formula is C16H22O4. The smallest absolute Gasteiger partial charge is 0.222 e. The van der Waals surface area contributed by atoms with Gasteiger partial charge in [-0.1, -0.05) is 32.0 Å². The molecule has 0 aromatic heterocycles. The van der Waals surface area contributed by atoms with E-state index in [1.165, 1.54) is 14.2 Å². The van der Waals surface area contributed by atoms with Crippen LogP contribution < -0.4 is 0 Å². The van der Waals surface area contributed by atoms with Crippen LogP contribution in [0.1, 0.15) is 36.2 Å². The first-order valence-electron chi connectivity index (χ1n) is 6.68. The minimum Gasteiger partial charge on any atom is -0.349 e. The van der Waals surface area contributed by atoms with E-state index >= 15 is 0 Å². The van der Waals surface area contributed by atoms with Crippen molar-refractivity contribution in [2.75, 3.05) is 14.2 Å². The van der Waals surface area contributed by atoms with E-state index in [1.54, 1.807) is 18.2 Å². The Kier molecular flexibility index (Phi) is 6.55. The first-order chi connectivity index (χ1) is 9.47. The molecule has 20 heavy (non-hydrogen) atoms. The van der Waals surface area contributed by atoms with Gasteiger partial charge in [-0.15, -0.1) is 0 Å². The van der Waals surface area contributed by atoms with Crippen LogP contribution in [0.4, 0.5) is 0 Å². The van der Waals surface area contributed by atoms with Crippen molar-refractivity contribution in [2.45, 2.75) is 33.0 Å². The predicted molar refractivity (Wildman–Crippen MR) is 76.7 cm³/mol. The number of rotatable bonds is 8. The van der Waals surface area contributed by atoms with Gasteiger partial charge in [0.25, 0.3) is 0 Å². The Balaban J connectivity index is 2.80. The van der Waals surface area contributed by atoms with Crippen LogP contribution >= 0.6 is 0 Å². The number of ether oxygens (including phenoxy) is 2. The summed E-state index contributed by atoms with van der Waals surface area (Å²) in [5, 5.41) is 0. The maximum atomic E-state index is 12.1. The van der Waals surface area contributed by atoms with Gasteiger partial charge in [0.1, 0.15) is 5.78 Å². The van der Waals surface area contributed by atoms with E-state index in [9.17, 15) is 9.59 Å². The number of methoxy groups -OCH3 is 2. The van der Waals surface area contributed by atoms with Crippen molar-refractivity contribution in [1.82, 2.24) is 0 Å². The highest BCUT2D eigenvalue weighted by Gasteiger charge is 2.19. The van der Waals surface area contributed by atoms with Gasteiger partial charge in [-0.2, -0.15) is 0 Å². The number of hydrogen-bond acceptors (Lipinski definition) is 4. The molecule has 0 aliphatic rings. The van der Waals surface area contributed by atoms with E-state index in [2.05, 4.69) is 0 Å². The van der Waals surface area contributed by atoms with Crippen molar-refractivity contribution in [2.24, 2.45) is 5.92 Å². The molecule has 0 heterocycles. The minimum atomic E-state index is -0.906. The van der Waals surface area contributed by atoms with Gasteiger partial charge in [0.05, 0.1) is 0 Å². The highest BCUT2D eigenvalue weighted by molar-refractivity contribution is 5.99. The lowest BCUT2D eigenvalue weighted by Crippen LogP contribution is -2.25. The van der Waals surface area contributed by atoms with E-state index in [0.29, 0.717) is 24.3 Å². The molecule has 0 bridgehead atoms. The molecule has 1 rings (SSSR count). The summed E-state index contributed by atoms with van der Waals surface area (Å²) in [7, 11) is 2.84. The fourth-order valence-electron chi connectivity index (χ4n) is 2.04. The van der Waals surface area contributed by atoms with Crippen molar-refractivity contribution in [1.29, 1.82) is 0 Å². The van der Waals surface area contributed by atoms with Crippen LogP contribution in [0.3, 0.4) is 0 Å². The molecule has 0 aliphatic carbocycles. The van der Waals surface area contributed by atoms with Crippen molar-refractivity contribution in [3.8, 4) is 0 Å². The third-order valence-electron chi connectivity index (χ3n) is 2.89. The van der Waals surface area contributed by atoms with Gasteiger partial charge in [0, 0.05) is 32.6 Å². The lowest BCUT2D eigenvalue weighted by atomic mass is 9.99. The fourth-order valence-corrected chi connectivity index (χ4v) is 2.04. The topological polar surface area (TPSA) is 52.6 Å². The van der Waals surface area contributed by atoms with Gasteiger partial charge in [0.2, 0.25) is 12.1 Å². The summed E-state index contributed by atoms with van der Waals surface area (Å²) in [4.78, 5) is 23.9. The molecular weight excluding hydrogens is 256 g/mol. The summed E-state index contributed by atoms with van der Waals surface area (Å²) in [6.45, 7) is 4.03. The zero-order chi connectivity index (χ0) is 15.1. The van der Waals surface area contributed by atoms with Crippen molar-refractivity contribution < 1.29 is 19.1 Å². The Hall–Kier alpha value is -1.52. The Bertz CT molecular complexity index is 461. The van der Waals surface area contributed by atoms with Gasteiger partial charge < -0.3 is 9.47 Å². The van der Waals surface area contributed by atoms with Crippen LogP contribution in [0.15, 0.2) is 24.3 Å². The van der Waals surface area contributed by atoms with Crippen LogP contribution in [-0.4, -0.2) is 32.1 Å². The van der Waals surface area contributed by atoms with E-state index in [-0.39, 0.29) is 11.6 Å². The van der Waals surface area contributed by atoms with Gasteiger partial charge >= 0.3 is 0 Å². The zero-order valence-corrected chi connectivity index (χ0v) is 12.5. The van der Waals surface area contributed by atoms with E-state index in [4.69, 9.17) is 9.47 Å². The Morgan fingerprint density at radius 1 is 1.15 bits per heavy atom. The van der Waals surface area contributed by atoms with Crippen molar-refractivity contribution in [3.05, 3.63) is 35.4 Å². The number of Topliss-reactive ketones (excluding diaryl/α,β-unsaturated/α-hetero) is 2. The van der Waals surface area contributed by atoms with Crippen LogP contribution in [-0.2, 0) is 20.7 Å². The van der Waals surface area contributed by atoms with Gasteiger partial charge in [0.15, 0.2) is 0 Å². The number of hydrogen-bond donors (Lipinski definition) is 0. The Morgan fingerprint density at radius 3 is 2.35 bits per heavy atom. The molecule has 1 aromatic carbocycles. The van der Waals surface area contributed by atoms with E-state index < -0.39 is 6.29 Å². The molecule has 0 spiro atoms. The standard InChI is InChI=1S/C16H22O4/c1-11(2)8-14(17)10-12-6-5-7-13(9-12)15(18)16(19-3)20-4/h5-7,9,11,16H,8,10H2,1-4H3. The summed E-state index contributed by atoms with van der Waals surface area (Å²) >= 11 is 0. The molecule has 110 valence electrons. The largest absolute Gasteiger partial charge is 0.349 e. The molecule has 0 N–H and O–H groups in total. The molecule has 0 aliphatic heterocycles. The van der Waals surface area contributed by atoms with E-state index in [1.807, 2.05) is 19.9 Å². The third-order valence-corrected chi connectivity index (χ3v) is 2.89. The molecule has 4 heteroatoms. The fraction of sp³-hybridized carbons (Fsp3) is 0.500. The number of carbonyl (C=O) groups excluding carboxylic acids is 2. The molecule has 4 nitrogen and oxygen atoms in total. The van der Waals surface area contributed by atoms with Gasteiger partial charge in [-0.25, -0.2) is 0 Å². The Labute approximate surface area is 120 Å². The van der Waals surface area contributed by atoms with Gasteiger partial charge in [-0.3, -0.25) is 9.59 Å². The van der Waals surface area contributed by atoms with Crippen molar-refractivity contribution >= 4 is 11.6 Å². The predicted octanol–water partition coefficient (Wildman–Crippen LogP) is 2.65. The highest BCUT2D eigenvalue weighted by atomic mass is 16.7. The van der Waals surface area contributed by atoms with Crippen LogP contribution in [0.25, 0.3) is 0 Å². The molecule has 0 saturated carbocycles. The Morgan fingerprint density at radius 2 is 1.80 bits per heavy atom. The normalized spacial score (nSPS) is 11.1. The molecule has 0 unspecified atom stereocenters. The summed E-state index contributed by atoms with van der Waals surface area (Å²) < 4.78 is 9.90. The summed E-state index contributed by atoms with van der Waals surface area (Å²) in [5.41, 5.74) is 1.33. The van der Waals surface area contributed by atoms with Crippen LogP contribution in [0, 0.1) is 5.92 Å². The SMILES string of the molecule is COC(OC)C(=O)c1cccc(CC(=O)CC(C)C)c1. The summed E-state index contributed by atoms with van der Waals surface area (Å²) in [6.07, 6.45) is -0.00227. The highest BCUT2D eigenvalue weighted by Crippen LogP contribution is 2.12. The molecule has 0 fully saturated rings. The summed E-state index contributed by atoms with van der Waals surface area (Å²) in [6, 6.07) is 7.05. The minimum absolute atomic E-state index is 0.180. The summed E-state index contributed by atoms with van der Waals surface area (Å²) in [5.74, 6) is 0.284. The maximum Gasteiger partial charge on any atom is 0.222 e. The average molecular weight is 278 g/mol.